The molecule has 0 aromatic carbocycles. The molecule has 0 fully saturated rings. The Kier molecular flexibility index (Phi) is 38.0. The van der Waals surface area contributed by atoms with Crippen LogP contribution < -0.4 is 24.5 Å². The van der Waals surface area contributed by atoms with Gasteiger partial charge in [-0.2, -0.15) is 11.8 Å². The molecule has 0 amide bonds. The third-order valence-electron chi connectivity index (χ3n) is 0. The zero-order valence-corrected chi connectivity index (χ0v) is 23.0. The van der Waals surface area contributed by atoms with Crippen molar-refractivity contribution in [2.75, 3.05) is 0 Å². The fraction of sp³-hybridized carbons (Fsp3) is 0. The van der Waals surface area contributed by atoms with E-state index >= 15 is 0 Å². The van der Waals surface area contributed by atoms with Crippen LogP contribution in [-0.2, 0) is 28.6 Å². The van der Waals surface area contributed by atoms with Crippen LogP contribution in [-0.4, -0.2) is 147 Å². The van der Waals surface area contributed by atoms with E-state index in [2.05, 4.69) is 24.1 Å². The molecule has 0 atom stereocenters. The minimum Gasteiger partial charge on any atom is -0.844 e. The third kappa shape index (κ3) is 133. The summed E-state index contributed by atoms with van der Waals surface area (Å²) < 4.78 is 8.92. The molecule has 0 aliphatic rings. The first-order valence-electron chi connectivity index (χ1n) is 1.46. The van der Waals surface area contributed by atoms with Gasteiger partial charge in [-0.15, -0.1) is 0 Å². The van der Waals surface area contributed by atoms with Gasteiger partial charge < -0.3 is 48.0 Å². The van der Waals surface area contributed by atoms with Gasteiger partial charge in [-0.3, -0.25) is 0 Å². The average molecular weight is 634 g/mol. The Labute approximate surface area is 207 Å². The first kappa shape index (κ1) is 31.2. The number of hydrogen-bond acceptors (Lipinski definition) is 8. The van der Waals surface area contributed by atoms with E-state index in [1.54, 1.807) is 0 Å². The number of rotatable bonds is 0. The maximum Gasteiger partial charge on any atom is 2.00 e. The molecule has 0 aliphatic carbocycles. The standard InChI is InChI=1S/3Ba.2H3O3PS/c;;;2*1-4(2,3)5/h;;;2*(H3,1,2,3,5)/q3*+2;;/p-6. The zero-order chi connectivity index (χ0) is 9.00. The van der Waals surface area contributed by atoms with Crippen LogP contribution in [0.2, 0.25) is 0 Å². The van der Waals surface area contributed by atoms with E-state index in [1.165, 1.54) is 0 Å². The predicted octanol–water partition coefficient (Wildman–Crippen LogP) is -5.49. The molecule has 0 spiro atoms. The van der Waals surface area contributed by atoms with Crippen molar-refractivity contribution in [2.24, 2.45) is 0 Å². The summed E-state index contributed by atoms with van der Waals surface area (Å²) in [7, 11) is 0. The van der Waals surface area contributed by atoms with Gasteiger partial charge >= 0.3 is 147 Å². The topological polar surface area (TPSA) is 132 Å². The molecule has 64 valence electrons. The SMILES string of the molecule is O=P([O-])([O-])[S-].[Ba+2].[Ba+2].[Ba+2].[O-]P([O-])([O-])=S. The summed E-state index contributed by atoms with van der Waals surface area (Å²) in [5.41, 5.74) is 0. The van der Waals surface area contributed by atoms with E-state index in [0.717, 1.165) is 0 Å². The van der Waals surface area contributed by atoms with Crippen LogP contribution >= 0.6 is 13.5 Å². The van der Waals surface area contributed by atoms with E-state index in [4.69, 9.17) is 29.0 Å². The second-order valence-corrected chi connectivity index (χ2v) is 5.37. The van der Waals surface area contributed by atoms with Crippen molar-refractivity contribution in [2.45, 2.75) is 0 Å². The molecule has 0 saturated heterocycles. The Morgan fingerprint density at radius 1 is 0.923 bits per heavy atom. The first-order valence-corrected chi connectivity index (χ1v) is 6.57. The van der Waals surface area contributed by atoms with E-state index < -0.39 is 13.5 Å². The fourth-order valence-corrected chi connectivity index (χ4v) is 0. The van der Waals surface area contributed by atoms with E-state index in [9.17, 15) is 0 Å². The van der Waals surface area contributed by atoms with E-state index in [0.29, 0.717) is 0 Å². The molecule has 0 saturated carbocycles. The van der Waals surface area contributed by atoms with Crippen LogP contribution in [0.25, 0.3) is 0 Å². The molecular weight excluding hydrogens is 634 g/mol. The summed E-state index contributed by atoms with van der Waals surface area (Å²) >= 11 is 6.54. The molecule has 0 aromatic rings. The van der Waals surface area contributed by atoms with Crippen LogP contribution in [0.5, 0.6) is 0 Å². The first-order chi connectivity index (χ1) is 4.00. The third-order valence-corrected chi connectivity index (χ3v) is 0. The van der Waals surface area contributed by atoms with Crippen molar-refractivity contribution in [3.63, 3.8) is 0 Å². The molecule has 0 aliphatic heterocycles. The molecule has 0 aromatic heterocycles. The molecule has 13 heteroatoms. The molecule has 0 heterocycles. The Bertz CT molecular complexity index is 136. The molecule has 0 rings (SSSR count). The van der Waals surface area contributed by atoms with Gasteiger partial charge in [0.2, 0.25) is 0 Å². The normalized spacial score (nSPS) is 9.08. The minimum atomic E-state index is -4.56. The van der Waals surface area contributed by atoms with Crippen molar-refractivity contribution in [3.8, 4) is 0 Å². The molecular formula is Ba3O6P2S2. The summed E-state index contributed by atoms with van der Waals surface area (Å²) in [6.07, 6.45) is 0. The Balaban J connectivity index is -0.0000000267. The molecule has 0 unspecified atom stereocenters. The van der Waals surface area contributed by atoms with E-state index in [1.807, 2.05) is 0 Å². The van der Waals surface area contributed by atoms with Crippen molar-refractivity contribution in [1.82, 2.24) is 0 Å². The van der Waals surface area contributed by atoms with Crippen molar-refractivity contribution in [3.05, 3.63) is 0 Å². The van der Waals surface area contributed by atoms with E-state index in [-0.39, 0.29) is 147 Å². The average Bonchev–Trinajstić information content (AvgIpc) is 1.12. The van der Waals surface area contributed by atoms with Gasteiger partial charge in [0.05, 0.1) is 0 Å². The monoisotopic (exact) mass is 636 g/mol. The number of hydrogen-bond donors (Lipinski definition) is 0. The fourth-order valence-electron chi connectivity index (χ4n) is 0. The quantitative estimate of drug-likeness (QED) is 0.147. The van der Waals surface area contributed by atoms with Crippen molar-refractivity contribution in [1.29, 1.82) is 0 Å². The van der Waals surface area contributed by atoms with Crippen LogP contribution in [0.3, 0.4) is 0 Å². The summed E-state index contributed by atoms with van der Waals surface area (Å²) in [5.74, 6) is 0. The van der Waals surface area contributed by atoms with Gasteiger partial charge in [0.25, 0.3) is 0 Å². The van der Waals surface area contributed by atoms with Crippen molar-refractivity contribution >= 4 is 184 Å². The van der Waals surface area contributed by atoms with Gasteiger partial charge in [-0.05, 0) is 0 Å². The molecule has 0 radical (unpaired) electrons. The van der Waals surface area contributed by atoms with Crippen molar-refractivity contribution < 1.29 is 29.0 Å². The summed E-state index contributed by atoms with van der Waals surface area (Å²) in [6.45, 7) is -9.11. The smallest absolute Gasteiger partial charge is 0.844 e. The Morgan fingerprint density at radius 2 is 0.923 bits per heavy atom. The predicted molar refractivity (Wildman–Crippen MR) is 46.5 cm³/mol. The Morgan fingerprint density at radius 3 is 0.923 bits per heavy atom. The van der Waals surface area contributed by atoms with Gasteiger partial charge in [0.1, 0.15) is 0 Å². The maximum absolute atomic E-state index is 8.92. The van der Waals surface area contributed by atoms with Gasteiger partial charge in [0, 0.05) is 0 Å². The molecule has 0 N–H and O–H groups in total. The van der Waals surface area contributed by atoms with Gasteiger partial charge in [0.15, 0.2) is 0 Å². The molecule has 13 heavy (non-hydrogen) atoms. The summed E-state index contributed by atoms with van der Waals surface area (Å²) in [6, 6.07) is 0. The second-order valence-electron chi connectivity index (χ2n) is 0.894. The van der Waals surface area contributed by atoms with Crippen LogP contribution in [0.1, 0.15) is 0 Å². The Hall–Kier alpha value is 5.74. The van der Waals surface area contributed by atoms with Crippen LogP contribution in [0, 0.1) is 0 Å². The van der Waals surface area contributed by atoms with Gasteiger partial charge in [-0.1, -0.05) is 0 Å². The minimum absolute atomic E-state index is 0. The zero-order valence-electron chi connectivity index (χ0n) is 6.28. The van der Waals surface area contributed by atoms with Gasteiger partial charge in [-0.25, -0.2) is 6.80 Å². The molecule has 0 bridgehead atoms. The molecule has 6 nitrogen and oxygen atoms in total. The van der Waals surface area contributed by atoms with Crippen LogP contribution in [0.4, 0.5) is 0 Å². The maximum atomic E-state index is 8.92. The largest absolute Gasteiger partial charge is 2.00 e. The second kappa shape index (κ2) is 15.8. The summed E-state index contributed by atoms with van der Waals surface area (Å²) in [5, 5.41) is 0. The van der Waals surface area contributed by atoms with Crippen LogP contribution in [0.15, 0.2) is 0 Å². The summed E-state index contributed by atoms with van der Waals surface area (Å²) in [4.78, 5) is 44.6.